The molecule has 0 bridgehead atoms. The van der Waals surface area contributed by atoms with Crippen molar-refractivity contribution in [3.8, 4) is 0 Å². The summed E-state index contributed by atoms with van der Waals surface area (Å²) in [5, 5.41) is 4.52. The van der Waals surface area contributed by atoms with Gasteiger partial charge in [-0.1, -0.05) is 17.8 Å². The number of rotatable bonds is 2. The van der Waals surface area contributed by atoms with E-state index in [0.717, 1.165) is 22.2 Å². The van der Waals surface area contributed by atoms with Crippen LogP contribution in [0.5, 0.6) is 0 Å². The van der Waals surface area contributed by atoms with Gasteiger partial charge >= 0.3 is 0 Å². The topological polar surface area (TPSA) is 37.3 Å². The molecule has 0 aromatic carbocycles. The van der Waals surface area contributed by atoms with E-state index in [-0.39, 0.29) is 5.54 Å². The van der Waals surface area contributed by atoms with E-state index >= 15 is 0 Å². The van der Waals surface area contributed by atoms with E-state index in [1.165, 1.54) is 6.42 Å². The van der Waals surface area contributed by atoms with Gasteiger partial charge in [0.2, 0.25) is 0 Å². The summed E-state index contributed by atoms with van der Waals surface area (Å²) in [4.78, 5) is 8.88. The Morgan fingerprint density at radius 2 is 2.29 bits per heavy atom. The van der Waals surface area contributed by atoms with Crippen LogP contribution in [0, 0.1) is 6.92 Å². The van der Waals surface area contributed by atoms with Gasteiger partial charge in [-0.2, -0.15) is 0 Å². The van der Waals surface area contributed by atoms with E-state index in [2.05, 4.69) is 35.2 Å². The zero-order valence-corrected chi connectivity index (χ0v) is 11.5. The number of nitrogens with one attached hydrogen (secondary N) is 1. The van der Waals surface area contributed by atoms with Gasteiger partial charge in [0.25, 0.3) is 0 Å². The maximum atomic E-state index is 4.61. The molecule has 1 saturated heterocycles. The van der Waals surface area contributed by atoms with E-state index in [1.54, 1.807) is 11.8 Å². The van der Waals surface area contributed by atoms with Crippen LogP contribution >= 0.6 is 11.8 Å². The summed E-state index contributed by atoms with van der Waals surface area (Å²) in [7, 11) is 0. The Labute approximate surface area is 107 Å². The number of hydrogen-bond acceptors (Lipinski definition) is 3. The molecule has 17 heavy (non-hydrogen) atoms. The van der Waals surface area contributed by atoms with E-state index in [1.807, 2.05) is 19.2 Å². The normalized spacial score (nSPS) is 21.2. The Kier molecular flexibility index (Phi) is 3.72. The molecule has 1 aliphatic heterocycles. The minimum absolute atomic E-state index is 0.176. The molecule has 0 radical (unpaired) electrons. The van der Waals surface area contributed by atoms with Gasteiger partial charge in [0.05, 0.1) is 6.54 Å². The third kappa shape index (κ3) is 3.73. The highest BCUT2D eigenvalue weighted by Crippen LogP contribution is 2.21. The second-order valence-corrected chi connectivity index (χ2v) is 6.12. The molecular weight excluding hydrogens is 230 g/mol. The van der Waals surface area contributed by atoms with Gasteiger partial charge in [0.15, 0.2) is 5.17 Å². The van der Waals surface area contributed by atoms with E-state index < -0.39 is 0 Å². The molecule has 2 rings (SSSR count). The van der Waals surface area contributed by atoms with Crippen LogP contribution in [0.25, 0.3) is 0 Å². The van der Waals surface area contributed by atoms with Crippen LogP contribution in [0.4, 0.5) is 0 Å². The smallest absolute Gasteiger partial charge is 0.157 e. The molecule has 1 N–H and O–H groups in total. The monoisotopic (exact) mass is 249 g/mol. The van der Waals surface area contributed by atoms with Crippen molar-refractivity contribution in [1.29, 1.82) is 0 Å². The van der Waals surface area contributed by atoms with Gasteiger partial charge in [0, 0.05) is 23.2 Å². The zero-order chi connectivity index (χ0) is 12.3. The van der Waals surface area contributed by atoms with Gasteiger partial charge in [-0.3, -0.25) is 9.98 Å². The average Bonchev–Trinajstić information content (AvgIpc) is 2.27. The standard InChI is InChI=1S/C13H19N3S/c1-10-4-5-11(8-14-10)9-15-12-16-13(2,3)6-7-17-12/h4-5,8H,6-7,9H2,1-3H3,(H,15,16). The van der Waals surface area contributed by atoms with Crippen molar-refractivity contribution in [3.05, 3.63) is 29.6 Å². The molecular formula is C13H19N3S. The molecule has 1 aromatic heterocycles. The van der Waals surface area contributed by atoms with Crippen LogP contribution in [-0.2, 0) is 6.54 Å². The number of aliphatic imine (C=N–C) groups is 1. The van der Waals surface area contributed by atoms with Crippen molar-refractivity contribution in [3.63, 3.8) is 0 Å². The number of amidine groups is 1. The van der Waals surface area contributed by atoms with Crippen molar-refractivity contribution in [2.45, 2.75) is 39.3 Å². The number of nitrogens with zero attached hydrogens (tertiary/aromatic N) is 2. The second-order valence-electron chi connectivity index (χ2n) is 5.04. The Morgan fingerprint density at radius 1 is 1.47 bits per heavy atom. The minimum Gasteiger partial charge on any atom is -0.360 e. The minimum atomic E-state index is 0.176. The van der Waals surface area contributed by atoms with E-state index in [4.69, 9.17) is 0 Å². The fourth-order valence-electron chi connectivity index (χ4n) is 1.63. The lowest BCUT2D eigenvalue weighted by Gasteiger charge is -2.32. The maximum Gasteiger partial charge on any atom is 0.157 e. The molecule has 0 saturated carbocycles. The maximum absolute atomic E-state index is 4.61. The molecule has 1 aromatic rings. The first kappa shape index (κ1) is 12.4. The third-order valence-electron chi connectivity index (χ3n) is 2.79. The first-order valence-electron chi connectivity index (χ1n) is 5.92. The van der Waals surface area contributed by atoms with Gasteiger partial charge in [-0.25, -0.2) is 0 Å². The second kappa shape index (κ2) is 5.08. The summed E-state index contributed by atoms with van der Waals surface area (Å²) in [5.74, 6) is 1.14. The van der Waals surface area contributed by atoms with Crippen molar-refractivity contribution >= 4 is 16.9 Å². The number of hydrogen-bond donors (Lipinski definition) is 1. The van der Waals surface area contributed by atoms with E-state index in [0.29, 0.717) is 6.54 Å². The van der Waals surface area contributed by atoms with Gasteiger partial charge < -0.3 is 5.32 Å². The third-order valence-corrected chi connectivity index (χ3v) is 3.70. The summed E-state index contributed by atoms with van der Waals surface area (Å²) >= 11 is 1.81. The van der Waals surface area contributed by atoms with Crippen molar-refractivity contribution in [1.82, 2.24) is 10.3 Å². The molecule has 1 fully saturated rings. The largest absolute Gasteiger partial charge is 0.360 e. The Bertz CT molecular complexity index is 409. The van der Waals surface area contributed by atoms with Gasteiger partial charge in [-0.15, -0.1) is 0 Å². The molecule has 3 nitrogen and oxygen atoms in total. The molecule has 1 aliphatic rings. The quantitative estimate of drug-likeness (QED) is 0.875. The number of aromatic nitrogens is 1. The van der Waals surface area contributed by atoms with Crippen molar-refractivity contribution < 1.29 is 0 Å². The highest BCUT2D eigenvalue weighted by Gasteiger charge is 2.23. The van der Waals surface area contributed by atoms with Crippen LogP contribution in [0.2, 0.25) is 0 Å². The van der Waals surface area contributed by atoms with Crippen LogP contribution in [0.15, 0.2) is 23.3 Å². The lowest BCUT2D eigenvalue weighted by atomic mass is 10.0. The summed E-state index contributed by atoms with van der Waals surface area (Å²) in [5.41, 5.74) is 2.39. The lowest BCUT2D eigenvalue weighted by Crippen LogP contribution is -2.46. The Morgan fingerprint density at radius 3 is 2.94 bits per heavy atom. The molecule has 0 aliphatic carbocycles. The first-order chi connectivity index (χ1) is 8.05. The Balaban J connectivity index is 1.98. The zero-order valence-electron chi connectivity index (χ0n) is 10.7. The average molecular weight is 249 g/mol. The summed E-state index contributed by atoms with van der Waals surface area (Å²) in [6.07, 6.45) is 3.08. The number of pyridine rings is 1. The molecule has 2 heterocycles. The summed E-state index contributed by atoms with van der Waals surface area (Å²) in [6, 6.07) is 4.12. The Hall–Kier alpha value is -1.03. The van der Waals surface area contributed by atoms with Crippen LogP contribution < -0.4 is 5.32 Å². The molecule has 4 heteroatoms. The van der Waals surface area contributed by atoms with Gasteiger partial charge in [-0.05, 0) is 38.8 Å². The predicted molar refractivity (Wildman–Crippen MR) is 74.4 cm³/mol. The highest BCUT2D eigenvalue weighted by molar-refractivity contribution is 8.13. The molecule has 0 unspecified atom stereocenters. The molecule has 0 atom stereocenters. The predicted octanol–water partition coefficient (Wildman–Crippen LogP) is 2.75. The molecule has 92 valence electrons. The first-order valence-corrected chi connectivity index (χ1v) is 6.91. The fourth-order valence-corrected chi connectivity index (χ4v) is 2.94. The van der Waals surface area contributed by atoms with E-state index in [9.17, 15) is 0 Å². The highest BCUT2D eigenvalue weighted by atomic mass is 32.2. The van der Waals surface area contributed by atoms with Crippen LogP contribution in [0.3, 0.4) is 0 Å². The fraction of sp³-hybridized carbons (Fsp3) is 0.538. The number of aryl methyl sites for hydroxylation is 1. The molecule has 0 spiro atoms. The van der Waals surface area contributed by atoms with Crippen LogP contribution in [-0.4, -0.2) is 21.4 Å². The molecule has 0 amide bonds. The SMILES string of the molecule is Cc1ccc(CN=C2NC(C)(C)CCS2)cn1. The lowest BCUT2D eigenvalue weighted by molar-refractivity contribution is 0.446. The van der Waals surface area contributed by atoms with Gasteiger partial charge in [0.1, 0.15) is 0 Å². The van der Waals surface area contributed by atoms with Crippen molar-refractivity contribution in [2.75, 3.05) is 5.75 Å². The summed E-state index contributed by atoms with van der Waals surface area (Å²) < 4.78 is 0. The number of thioether (sulfide) groups is 1. The van der Waals surface area contributed by atoms with Crippen molar-refractivity contribution in [2.24, 2.45) is 4.99 Å². The van der Waals surface area contributed by atoms with Crippen LogP contribution in [0.1, 0.15) is 31.5 Å². The summed E-state index contributed by atoms with van der Waals surface area (Å²) in [6.45, 7) is 7.14.